The average molecular weight is 331 g/mol. The SMILES string of the molecule is Cc1cn2c(=O)cc(CN3CCOc4cc(F)ccc43)nc2s1. The van der Waals surface area contributed by atoms with Crippen molar-refractivity contribution in [2.45, 2.75) is 13.5 Å². The van der Waals surface area contributed by atoms with Crippen molar-refractivity contribution >= 4 is 22.0 Å². The van der Waals surface area contributed by atoms with Crippen LogP contribution in [0.15, 0.2) is 35.3 Å². The van der Waals surface area contributed by atoms with Crippen LogP contribution in [0, 0.1) is 12.7 Å². The van der Waals surface area contributed by atoms with Gasteiger partial charge in [0.2, 0.25) is 0 Å². The van der Waals surface area contributed by atoms with Crippen LogP contribution in [0.2, 0.25) is 0 Å². The second kappa shape index (κ2) is 5.34. The van der Waals surface area contributed by atoms with E-state index in [0.29, 0.717) is 36.1 Å². The van der Waals surface area contributed by atoms with Crippen LogP contribution in [-0.4, -0.2) is 22.5 Å². The molecule has 2 aromatic heterocycles. The fourth-order valence-electron chi connectivity index (χ4n) is 2.75. The first-order valence-corrected chi connectivity index (χ1v) is 8.08. The fraction of sp³-hybridized carbons (Fsp3) is 0.250. The summed E-state index contributed by atoms with van der Waals surface area (Å²) in [5.74, 6) is 0.207. The van der Waals surface area contributed by atoms with Crippen molar-refractivity contribution in [1.29, 1.82) is 0 Å². The van der Waals surface area contributed by atoms with Crippen LogP contribution in [0.3, 0.4) is 0 Å². The largest absolute Gasteiger partial charge is 0.489 e. The lowest BCUT2D eigenvalue weighted by molar-refractivity contribution is 0.305. The van der Waals surface area contributed by atoms with Crippen molar-refractivity contribution in [2.24, 2.45) is 0 Å². The molecular weight excluding hydrogens is 317 g/mol. The van der Waals surface area contributed by atoms with E-state index in [-0.39, 0.29) is 11.4 Å². The Balaban J connectivity index is 1.70. The maximum absolute atomic E-state index is 13.3. The van der Waals surface area contributed by atoms with E-state index < -0.39 is 0 Å². The maximum atomic E-state index is 13.3. The van der Waals surface area contributed by atoms with Gasteiger partial charge < -0.3 is 9.64 Å². The molecule has 0 bridgehead atoms. The molecule has 0 unspecified atom stereocenters. The van der Waals surface area contributed by atoms with Crippen molar-refractivity contribution < 1.29 is 9.13 Å². The van der Waals surface area contributed by atoms with Gasteiger partial charge in [-0.25, -0.2) is 9.37 Å². The van der Waals surface area contributed by atoms with E-state index in [9.17, 15) is 9.18 Å². The summed E-state index contributed by atoms with van der Waals surface area (Å²) in [4.78, 5) is 20.5. The molecule has 1 aliphatic heterocycles. The lowest BCUT2D eigenvalue weighted by atomic mass is 10.2. The predicted molar refractivity (Wildman–Crippen MR) is 87.0 cm³/mol. The summed E-state index contributed by atoms with van der Waals surface area (Å²) < 4.78 is 20.4. The van der Waals surface area contributed by atoms with Crippen LogP contribution >= 0.6 is 11.3 Å². The molecule has 3 aromatic rings. The summed E-state index contributed by atoms with van der Waals surface area (Å²) in [7, 11) is 0. The standard InChI is InChI=1S/C16H14FN3O2S/c1-10-8-20-15(21)7-12(18-16(20)23-10)9-19-4-5-22-14-6-11(17)2-3-13(14)19/h2-3,6-8H,4-5,9H2,1H3. The number of thiazole rings is 1. The summed E-state index contributed by atoms with van der Waals surface area (Å²) >= 11 is 1.49. The number of benzene rings is 1. The molecule has 0 atom stereocenters. The highest BCUT2D eigenvalue weighted by molar-refractivity contribution is 7.16. The molecule has 4 rings (SSSR count). The van der Waals surface area contributed by atoms with Crippen LogP contribution in [0.1, 0.15) is 10.6 Å². The Morgan fingerprint density at radius 2 is 2.26 bits per heavy atom. The molecule has 118 valence electrons. The van der Waals surface area contributed by atoms with Crippen LogP contribution in [0.4, 0.5) is 10.1 Å². The quantitative estimate of drug-likeness (QED) is 0.724. The Labute approximate surface area is 135 Å². The van der Waals surface area contributed by atoms with Gasteiger partial charge in [0.1, 0.15) is 18.2 Å². The first-order valence-electron chi connectivity index (χ1n) is 7.26. The minimum atomic E-state index is -0.322. The number of hydrogen-bond donors (Lipinski definition) is 0. The van der Waals surface area contributed by atoms with E-state index >= 15 is 0 Å². The van der Waals surface area contributed by atoms with Gasteiger partial charge in [-0.2, -0.15) is 0 Å². The van der Waals surface area contributed by atoms with Gasteiger partial charge in [0, 0.05) is 23.2 Å². The third-order valence-corrected chi connectivity index (χ3v) is 4.67. The third-order valence-electron chi connectivity index (χ3n) is 3.77. The topological polar surface area (TPSA) is 46.8 Å². The molecule has 0 fully saturated rings. The molecule has 3 heterocycles. The molecule has 1 aromatic carbocycles. The number of rotatable bonds is 2. The molecule has 0 spiro atoms. The minimum Gasteiger partial charge on any atom is -0.489 e. The second-order valence-corrected chi connectivity index (χ2v) is 6.68. The average Bonchev–Trinajstić information content (AvgIpc) is 2.88. The number of hydrogen-bond acceptors (Lipinski definition) is 5. The summed E-state index contributed by atoms with van der Waals surface area (Å²) in [6.07, 6.45) is 1.80. The van der Waals surface area contributed by atoms with Gasteiger partial charge in [-0.15, -0.1) is 11.3 Å². The van der Waals surface area contributed by atoms with Gasteiger partial charge in [-0.1, -0.05) is 0 Å². The molecule has 0 amide bonds. The molecule has 23 heavy (non-hydrogen) atoms. The summed E-state index contributed by atoms with van der Waals surface area (Å²) in [5.41, 5.74) is 1.44. The van der Waals surface area contributed by atoms with Crippen molar-refractivity contribution in [1.82, 2.24) is 9.38 Å². The highest BCUT2D eigenvalue weighted by atomic mass is 32.1. The fourth-order valence-corrected chi connectivity index (χ4v) is 3.60. The zero-order valence-electron chi connectivity index (χ0n) is 12.5. The smallest absolute Gasteiger partial charge is 0.258 e. The second-order valence-electron chi connectivity index (χ2n) is 5.46. The van der Waals surface area contributed by atoms with E-state index in [1.165, 1.54) is 23.5 Å². The van der Waals surface area contributed by atoms with Gasteiger partial charge in [-0.05, 0) is 19.1 Å². The van der Waals surface area contributed by atoms with Crippen LogP contribution in [0.25, 0.3) is 4.96 Å². The Morgan fingerprint density at radius 3 is 3.13 bits per heavy atom. The summed E-state index contributed by atoms with van der Waals surface area (Å²) in [5, 5.41) is 0. The lowest BCUT2D eigenvalue weighted by Crippen LogP contribution is -2.33. The Kier molecular flexibility index (Phi) is 3.30. The molecular formula is C16H14FN3O2S. The molecule has 1 aliphatic rings. The minimum absolute atomic E-state index is 0.0815. The summed E-state index contributed by atoms with van der Waals surface area (Å²) in [6.45, 7) is 3.59. The number of halogens is 1. The molecule has 5 nitrogen and oxygen atoms in total. The first-order chi connectivity index (χ1) is 11.1. The predicted octanol–water partition coefficient (Wildman–Crippen LogP) is 2.60. The van der Waals surface area contributed by atoms with E-state index in [1.807, 2.05) is 6.92 Å². The molecule has 7 heteroatoms. The van der Waals surface area contributed by atoms with E-state index in [0.717, 1.165) is 10.6 Å². The van der Waals surface area contributed by atoms with Gasteiger partial charge in [0.25, 0.3) is 5.56 Å². The van der Waals surface area contributed by atoms with E-state index in [4.69, 9.17) is 4.74 Å². The number of ether oxygens (including phenoxy) is 1. The van der Waals surface area contributed by atoms with Gasteiger partial charge in [0.15, 0.2) is 4.96 Å². The van der Waals surface area contributed by atoms with Crippen molar-refractivity contribution in [3.05, 3.63) is 57.2 Å². The Bertz CT molecular complexity index is 950. The highest BCUT2D eigenvalue weighted by Gasteiger charge is 2.19. The number of nitrogens with zero attached hydrogens (tertiary/aromatic N) is 3. The molecule has 0 aliphatic carbocycles. The molecule has 0 saturated heterocycles. The van der Waals surface area contributed by atoms with Crippen molar-refractivity contribution in [2.75, 3.05) is 18.1 Å². The molecule has 0 N–H and O–H groups in total. The van der Waals surface area contributed by atoms with E-state index in [1.54, 1.807) is 22.7 Å². The van der Waals surface area contributed by atoms with Crippen LogP contribution in [-0.2, 0) is 6.54 Å². The number of fused-ring (bicyclic) bond motifs is 2. The summed E-state index contributed by atoms with van der Waals surface area (Å²) in [6, 6.07) is 6.05. The highest BCUT2D eigenvalue weighted by Crippen LogP contribution is 2.32. The van der Waals surface area contributed by atoms with E-state index in [2.05, 4.69) is 9.88 Å². The monoisotopic (exact) mass is 331 g/mol. The zero-order chi connectivity index (χ0) is 16.0. The maximum Gasteiger partial charge on any atom is 0.258 e. The lowest BCUT2D eigenvalue weighted by Gasteiger charge is -2.30. The number of aryl methyl sites for hydroxylation is 1. The third kappa shape index (κ3) is 2.57. The van der Waals surface area contributed by atoms with Crippen molar-refractivity contribution in [3.63, 3.8) is 0 Å². The van der Waals surface area contributed by atoms with Gasteiger partial charge in [-0.3, -0.25) is 9.20 Å². The number of anilines is 1. The van der Waals surface area contributed by atoms with Crippen LogP contribution < -0.4 is 15.2 Å². The first kappa shape index (κ1) is 14.2. The molecule has 0 radical (unpaired) electrons. The molecule has 0 saturated carbocycles. The normalized spacial score (nSPS) is 13.9. The van der Waals surface area contributed by atoms with Crippen LogP contribution in [0.5, 0.6) is 5.75 Å². The van der Waals surface area contributed by atoms with Crippen molar-refractivity contribution in [3.8, 4) is 5.75 Å². The van der Waals surface area contributed by atoms with Gasteiger partial charge >= 0.3 is 0 Å². The number of aromatic nitrogens is 2. The Morgan fingerprint density at radius 1 is 1.39 bits per heavy atom. The Hall–Kier alpha value is -2.41. The van der Waals surface area contributed by atoms with Gasteiger partial charge in [0.05, 0.1) is 24.5 Å². The zero-order valence-corrected chi connectivity index (χ0v) is 13.3.